The minimum Gasteiger partial charge on any atom is -0.487 e. The van der Waals surface area contributed by atoms with Crippen LogP contribution in [0.3, 0.4) is 0 Å². The van der Waals surface area contributed by atoms with Crippen molar-refractivity contribution in [2.75, 3.05) is 19.3 Å². The van der Waals surface area contributed by atoms with Crippen molar-refractivity contribution in [3.63, 3.8) is 0 Å². The van der Waals surface area contributed by atoms with E-state index in [-0.39, 0.29) is 16.6 Å². The Morgan fingerprint density at radius 3 is 2.32 bits per heavy atom. The Hall–Kier alpha value is -3.07. The maximum atomic E-state index is 12.1. The summed E-state index contributed by atoms with van der Waals surface area (Å²) in [6.07, 6.45) is 0.387. The molecular formula is C22H25NO7S. The highest BCUT2D eigenvalue weighted by atomic mass is 32.2. The van der Waals surface area contributed by atoms with Crippen LogP contribution in [0.25, 0.3) is 11.1 Å². The molecule has 1 N–H and O–H groups in total. The van der Waals surface area contributed by atoms with Crippen molar-refractivity contribution in [2.45, 2.75) is 37.4 Å². The Morgan fingerprint density at radius 2 is 1.74 bits per heavy atom. The van der Waals surface area contributed by atoms with Crippen LogP contribution in [0.5, 0.6) is 5.75 Å². The number of amides is 1. The average Bonchev–Trinajstić information content (AvgIpc) is 2.62. The van der Waals surface area contributed by atoms with E-state index in [1.165, 1.54) is 29.2 Å². The molecule has 0 atom stereocenters. The van der Waals surface area contributed by atoms with Crippen LogP contribution in [0.1, 0.15) is 31.1 Å². The molecule has 0 unspecified atom stereocenters. The van der Waals surface area contributed by atoms with Gasteiger partial charge in [0.2, 0.25) is 0 Å². The zero-order valence-corrected chi connectivity index (χ0v) is 18.6. The Kier molecular flexibility index (Phi) is 6.00. The van der Waals surface area contributed by atoms with E-state index >= 15 is 0 Å². The molecule has 0 saturated carbocycles. The summed E-state index contributed by atoms with van der Waals surface area (Å²) in [5.41, 5.74) is 0.498. The van der Waals surface area contributed by atoms with Crippen molar-refractivity contribution in [3.05, 3.63) is 48.0 Å². The summed E-state index contributed by atoms with van der Waals surface area (Å²) in [6.45, 7) is 6.01. The SMILES string of the molecule is CC(C)(C)OC(=O)N1CC(Oc2cc(C(=O)O)cc(-c3cccc(S(C)(=O)=O)c3)c2)C1. The number of rotatable bonds is 5. The van der Waals surface area contributed by atoms with Crippen LogP contribution in [0.2, 0.25) is 0 Å². The van der Waals surface area contributed by atoms with Crippen molar-refractivity contribution < 1.29 is 32.6 Å². The molecule has 8 nitrogen and oxygen atoms in total. The van der Waals surface area contributed by atoms with Gasteiger partial charge in [0.15, 0.2) is 9.84 Å². The first-order valence-electron chi connectivity index (χ1n) is 9.65. The Balaban J connectivity index is 1.80. The maximum Gasteiger partial charge on any atom is 0.410 e. The number of carbonyl (C=O) groups excluding carboxylic acids is 1. The molecule has 1 aliphatic heterocycles. The third-order valence-electron chi connectivity index (χ3n) is 4.55. The van der Waals surface area contributed by atoms with Gasteiger partial charge in [-0.2, -0.15) is 0 Å². The fourth-order valence-electron chi connectivity index (χ4n) is 3.04. The van der Waals surface area contributed by atoms with E-state index in [4.69, 9.17) is 9.47 Å². The monoisotopic (exact) mass is 447 g/mol. The molecule has 0 aliphatic carbocycles. The number of hydrogen-bond acceptors (Lipinski definition) is 6. The molecule has 3 rings (SSSR count). The van der Waals surface area contributed by atoms with Gasteiger partial charge in [0.1, 0.15) is 17.5 Å². The third-order valence-corrected chi connectivity index (χ3v) is 5.66. The number of hydrogen-bond donors (Lipinski definition) is 1. The van der Waals surface area contributed by atoms with Gasteiger partial charge in [-0.25, -0.2) is 18.0 Å². The molecule has 1 saturated heterocycles. The second-order valence-corrected chi connectivity index (χ2v) is 10.5. The van der Waals surface area contributed by atoms with E-state index in [9.17, 15) is 23.1 Å². The van der Waals surface area contributed by atoms with Crippen LogP contribution >= 0.6 is 0 Å². The fraction of sp³-hybridized carbons (Fsp3) is 0.364. The number of carbonyl (C=O) groups is 2. The zero-order chi connectivity index (χ0) is 23.0. The predicted molar refractivity (Wildman–Crippen MR) is 114 cm³/mol. The molecule has 2 aromatic carbocycles. The number of ether oxygens (including phenoxy) is 2. The van der Waals surface area contributed by atoms with Crippen molar-refractivity contribution in [2.24, 2.45) is 0 Å². The van der Waals surface area contributed by atoms with Crippen molar-refractivity contribution >= 4 is 21.9 Å². The van der Waals surface area contributed by atoms with E-state index < -0.39 is 27.5 Å². The summed E-state index contributed by atoms with van der Waals surface area (Å²) in [5.74, 6) is -0.802. The quantitative estimate of drug-likeness (QED) is 0.747. The molecule has 1 aliphatic rings. The summed E-state index contributed by atoms with van der Waals surface area (Å²) in [5, 5.41) is 9.47. The van der Waals surface area contributed by atoms with Crippen LogP contribution in [0.15, 0.2) is 47.4 Å². The van der Waals surface area contributed by atoms with Gasteiger partial charge in [-0.1, -0.05) is 12.1 Å². The maximum absolute atomic E-state index is 12.1. The molecule has 0 bridgehead atoms. The lowest BCUT2D eigenvalue weighted by atomic mass is 10.0. The lowest BCUT2D eigenvalue weighted by molar-refractivity contribution is -0.0221. The number of carboxylic acids is 1. The van der Waals surface area contributed by atoms with E-state index in [1.807, 2.05) is 0 Å². The van der Waals surface area contributed by atoms with Crippen LogP contribution in [0, 0.1) is 0 Å². The van der Waals surface area contributed by atoms with Crippen molar-refractivity contribution in [3.8, 4) is 16.9 Å². The minimum absolute atomic E-state index is 0.0144. The summed E-state index contributed by atoms with van der Waals surface area (Å²) < 4.78 is 34.9. The topological polar surface area (TPSA) is 110 Å². The third kappa shape index (κ3) is 5.75. The van der Waals surface area contributed by atoms with Gasteiger partial charge < -0.3 is 19.5 Å². The number of nitrogens with zero attached hydrogens (tertiary/aromatic N) is 1. The van der Waals surface area contributed by atoms with Gasteiger partial charge in [-0.3, -0.25) is 0 Å². The molecule has 9 heteroatoms. The zero-order valence-electron chi connectivity index (χ0n) is 17.8. The van der Waals surface area contributed by atoms with Gasteiger partial charge in [0.05, 0.1) is 23.5 Å². The largest absolute Gasteiger partial charge is 0.487 e. The van der Waals surface area contributed by atoms with E-state index in [0.717, 1.165) is 6.26 Å². The Labute approximate surface area is 181 Å². The molecule has 0 radical (unpaired) electrons. The first-order chi connectivity index (χ1) is 14.3. The highest BCUT2D eigenvalue weighted by Crippen LogP contribution is 2.30. The molecule has 1 amide bonds. The number of sulfone groups is 1. The average molecular weight is 448 g/mol. The molecular weight excluding hydrogens is 422 g/mol. The van der Waals surface area contributed by atoms with Crippen molar-refractivity contribution in [1.82, 2.24) is 4.90 Å². The van der Waals surface area contributed by atoms with Gasteiger partial charge in [0.25, 0.3) is 0 Å². The Bertz CT molecular complexity index is 1110. The lowest BCUT2D eigenvalue weighted by Gasteiger charge is -2.39. The highest BCUT2D eigenvalue weighted by Gasteiger charge is 2.35. The van der Waals surface area contributed by atoms with E-state index in [2.05, 4.69) is 0 Å². The van der Waals surface area contributed by atoms with Gasteiger partial charge >= 0.3 is 12.1 Å². The Morgan fingerprint density at radius 1 is 1.06 bits per heavy atom. The summed E-state index contributed by atoms with van der Waals surface area (Å²) in [7, 11) is -3.41. The van der Waals surface area contributed by atoms with E-state index in [0.29, 0.717) is 30.0 Å². The normalized spacial score (nSPS) is 14.6. The molecule has 0 aromatic heterocycles. The number of aromatic carboxylic acids is 1. The van der Waals surface area contributed by atoms with Crippen molar-refractivity contribution in [1.29, 1.82) is 0 Å². The molecule has 2 aromatic rings. The number of benzene rings is 2. The fourth-order valence-corrected chi connectivity index (χ4v) is 3.71. The molecule has 1 heterocycles. The standard InChI is InChI=1S/C22H25NO7S/c1-22(2,3)30-21(26)23-12-18(13-23)29-17-9-15(8-16(10-17)20(24)25)14-6-5-7-19(11-14)31(4,27)28/h5-11,18H,12-13H2,1-4H3,(H,24,25). The van der Waals surface area contributed by atoms with Gasteiger partial charge in [-0.15, -0.1) is 0 Å². The summed E-state index contributed by atoms with van der Waals surface area (Å²) >= 11 is 0. The second-order valence-electron chi connectivity index (χ2n) is 8.48. The van der Waals surface area contributed by atoms with E-state index in [1.54, 1.807) is 39.0 Å². The first kappa shape index (κ1) is 22.6. The molecule has 1 fully saturated rings. The number of carboxylic acid groups (broad SMARTS) is 1. The minimum atomic E-state index is -3.41. The van der Waals surface area contributed by atoms with Crippen LogP contribution in [-0.2, 0) is 14.6 Å². The van der Waals surface area contributed by atoms with Gasteiger partial charge in [-0.05, 0) is 62.2 Å². The summed E-state index contributed by atoms with van der Waals surface area (Å²) in [4.78, 5) is 25.3. The summed E-state index contributed by atoms with van der Waals surface area (Å²) in [6, 6.07) is 10.8. The smallest absolute Gasteiger partial charge is 0.410 e. The predicted octanol–water partition coefficient (Wildman–Crippen LogP) is 3.45. The highest BCUT2D eigenvalue weighted by molar-refractivity contribution is 7.90. The lowest BCUT2D eigenvalue weighted by Crippen LogP contribution is -2.57. The van der Waals surface area contributed by atoms with Crippen LogP contribution < -0.4 is 4.74 Å². The number of likely N-dealkylation sites (tertiary alicyclic amines) is 1. The van der Waals surface area contributed by atoms with Crippen LogP contribution in [-0.4, -0.2) is 61.5 Å². The first-order valence-corrected chi connectivity index (χ1v) is 11.5. The molecule has 31 heavy (non-hydrogen) atoms. The molecule has 166 valence electrons. The second kappa shape index (κ2) is 8.22. The van der Waals surface area contributed by atoms with Gasteiger partial charge in [0, 0.05) is 6.26 Å². The van der Waals surface area contributed by atoms with Crippen LogP contribution in [0.4, 0.5) is 4.79 Å². The molecule has 0 spiro atoms.